The molecule has 0 saturated carbocycles. The van der Waals surface area contributed by atoms with Gasteiger partial charge in [0, 0.05) is 0 Å². The zero-order valence-corrected chi connectivity index (χ0v) is 6.38. The van der Waals surface area contributed by atoms with Crippen molar-refractivity contribution in [3.05, 3.63) is 23.1 Å². The molecule has 1 N–H and O–H groups in total. The van der Waals surface area contributed by atoms with Gasteiger partial charge in [0.2, 0.25) is 0 Å². The second-order valence-electron chi connectivity index (χ2n) is 2.02. The fraction of sp³-hybridized carbons (Fsp3) is 0.286. The van der Waals surface area contributed by atoms with E-state index in [0.29, 0.717) is 5.76 Å². The van der Waals surface area contributed by atoms with Crippen LogP contribution in [-0.4, -0.2) is 5.11 Å². The van der Waals surface area contributed by atoms with Gasteiger partial charge in [-0.1, -0.05) is 0 Å². The van der Waals surface area contributed by atoms with E-state index in [9.17, 15) is 0 Å². The molecule has 1 rings (SSSR count). The molecule has 0 aliphatic heterocycles. The molecule has 4 heteroatoms. The monoisotopic (exact) mass is 171 g/mol. The minimum atomic E-state index is -0.868. The smallest absolute Gasteiger partial charge is 0.193 e. The van der Waals surface area contributed by atoms with E-state index < -0.39 is 6.10 Å². The first-order chi connectivity index (χ1) is 5.24. The van der Waals surface area contributed by atoms with Crippen molar-refractivity contribution >= 4 is 11.6 Å². The number of rotatable bonds is 2. The third-order valence-electron chi connectivity index (χ3n) is 1.21. The lowest BCUT2D eigenvalue weighted by molar-refractivity contribution is 0.155. The number of hydrogen-bond donors (Lipinski definition) is 1. The first-order valence-corrected chi connectivity index (χ1v) is 3.42. The largest absolute Gasteiger partial charge is 0.447 e. The van der Waals surface area contributed by atoms with Gasteiger partial charge in [-0.2, -0.15) is 5.26 Å². The van der Waals surface area contributed by atoms with Crippen molar-refractivity contribution in [3.8, 4) is 6.07 Å². The topological polar surface area (TPSA) is 57.2 Å². The molecule has 3 nitrogen and oxygen atoms in total. The second-order valence-corrected chi connectivity index (χ2v) is 2.39. The van der Waals surface area contributed by atoms with Crippen LogP contribution in [0.2, 0.25) is 5.22 Å². The van der Waals surface area contributed by atoms with Crippen LogP contribution in [0.25, 0.3) is 0 Å². The quantitative estimate of drug-likeness (QED) is 0.739. The summed E-state index contributed by atoms with van der Waals surface area (Å²) in [4.78, 5) is 0. The number of nitrogens with zero attached hydrogens (tertiary/aromatic N) is 1. The molecule has 58 valence electrons. The second kappa shape index (κ2) is 3.42. The van der Waals surface area contributed by atoms with Crippen molar-refractivity contribution in [2.75, 3.05) is 0 Å². The number of nitriles is 1. The molecule has 1 aromatic heterocycles. The van der Waals surface area contributed by atoms with Crippen molar-refractivity contribution in [1.82, 2.24) is 0 Å². The van der Waals surface area contributed by atoms with Gasteiger partial charge in [-0.15, -0.1) is 0 Å². The molecule has 11 heavy (non-hydrogen) atoms. The van der Waals surface area contributed by atoms with Crippen LogP contribution in [0.5, 0.6) is 0 Å². The Hall–Kier alpha value is -0.980. The first kappa shape index (κ1) is 8.12. The van der Waals surface area contributed by atoms with E-state index in [-0.39, 0.29) is 11.6 Å². The highest BCUT2D eigenvalue weighted by molar-refractivity contribution is 6.28. The van der Waals surface area contributed by atoms with Gasteiger partial charge in [-0.25, -0.2) is 0 Å². The summed E-state index contributed by atoms with van der Waals surface area (Å²) in [5.74, 6) is 0.330. The van der Waals surface area contributed by atoms with Gasteiger partial charge in [-0.05, 0) is 23.7 Å². The Morgan fingerprint density at radius 1 is 1.73 bits per heavy atom. The molecule has 0 aromatic carbocycles. The van der Waals surface area contributed by atoms with Crippen LogP contribution >= 0.6 is 11.6 Å². The van der Waals surface area contributed by atoms with Gasteiger partial charge in [0.25, 0.3) is 0 Å². The Morgan fingerprint density at radius 3 is 2.91 bits per heavy atom. The molecule has 0 aliphatic rings. The molecule has 0 amide bonds. The zero-order valence-electron chi connectivity index (χ0n) is 5.62. The summed E-state index contributed by atoms with van der Waals surface area (Å²) in [5.41, 5.74) is 0. The minimum absolute atomic E-state index is 0.0177. The first-order valence-electron chi connectivity index (χ1n) is 3.04. The van der Waals surface area contributed by atoms with E-state index in [4.69, 9.17) is 26.4 Å². The normalized spacial score (nSPS) is 12.5. The third-order valence-corrected chi connectivity index (χ3v) is 1.41. The summed E-state index contributed by atoms with van der Waals surface area (Å²) in [6, 6.07) is 4.89. The van der Waals surface area contributed by atoms with Gasteiger partial charge >= 0.3 is 0 Å². The molecule has 1 aromatic rings. The van der Waals surface area contributed by atoms with Crippen molar-refractivity contribution < 1.29 is 9.52 Å². The molecule has 1 unspecified atom stereocenters. The van der Waals surface area contributed by atoms with Crippen molar-refractivity contribution in [2.24, 2.45) is 0 Å². The molecule has 1 heterocycles. The number of hydrogen-bond acceptors (Lipinski definition) is 3. The van der Waals surface area contributed by atoms with Gasteiger partial charge in [0.1, 0.15) is 11.9 Å². The molecule has 0 saturated heterocycles. The molecule has 1 atom stereocenters. The van der Waals surface area contributed by atoms with E-state index in [0.717, 1.165) is 0 Å². The van der Waals surface area contributed by atoms with Crippen LogP contribution in [0, 0.1) is 11.3 Å². The van der Waals surface area contributed by atoms with Crippen molar-refractivity contribution in [1.29, 1.82) is 5.26 Å². The number of furan rings is 1. The average Bonchev–Trinajstić information content (AvgIpc) is 2.36. The fourth-order valence-corrected chi connectivity index (χ4v) is 0.847. The Balaban J connectivity index is 2.70. The van der Waals surface area contributed by atoms with Gasteiger partial charge in [-0.3, -0.25) is 0 Å². The fourth-order valence-electron chi connectivity index (χ4n) is 0.694. The zero-order chi connectivity index (χ0) is 8.27. The van der Waals surface area contributed by atoms with E-state index >= 15 is 0 Å². The summed E-state index contributed by atoms with van der Waals surface area (Å²) >= 11 is 5.44. The van der Waals surface area contributed by atoms with Crippen molar-refractivity contribution in [3.63, 3.8) is 0 Å². The predicted molar refractivity (Wildman–Crippen MR) is 38.9 cm³/mol. The minimum Gasteiger partial charge on any atom is -0.447 e. The number of aliphatic hydroxyl groups excluding tert-OH is 1. The van der Waals surface area contributed by atoms with Gasteiger partial charge in [0.05, 0.1) is 12.5 Å². The number of aliphatic hydroxyl groups is 1. The van der Waals surface area contributed by atoms with E-state index in [1.807, 2.05) is 6.07 Å². The summed E-state index contributed by atoms with van der Waals surface area (Å²) in [6.45, 7) is 0. The third kappa shape index (κ3) is 1.97. The predicted octanol–water partition coefficient (Wildman–Crippen LogP) is 1.88. The Morgan fingerprint density at radius 2 is 2.45 bits per heavy atom. The van der Waals surface area contributed by atoms with Crippen LogP contribution in [0.4, 0.5) is 0 Å². The lowest BCUT2D eigenvalue weighted by Gasteiger charge is -1.99. The highest BCUT2D eigenvalue weighted by Crippen LogP contribution is 2.21. The van der Waals surface area contributed by atoms with Gasteiger partial charge < -0.3 is 9.52 Å². The van der Waals surface area contributed by atoms with E-state index in [1.165, 1.54) is 6.07 Å². The molecule has 0 bridgehead atoms. The highest BCUT2D eigenvalue weighted by Gasteiger charge is 2.10. The maximum absolute atomic E-state index is 9.16. The van der Waals surface area contributed by atoms with Crippen LogP contribution < -0.4 is 0 Å². The highest BCUT2D eigenvalue weighted by atomic mass is 35.5. The molecular weight excluding hydrogens is 166 g/mol. The number of halogens is 1. The maximum atomic E-state index is 9.16. The summed E-state index contributed by atoms with van der Waals surface area (Å²) in [6.07, 6.45) is -0.850. The van der Waals surface area contributed by atoms with Crippen LogP contribution in [0.15, 0.2) is 16.5 Å². The SMILES string of the molecule is N#CCC(O)c1ccc(Cl)o1. The van der Waals surface area contributed by atoms with Crippen molar-refractivity contribution in [2.45, 2.75) is 12.5 Å². The standard InChI is InChI=1S/C7H6ClNO2/c8-7-2-1-6(11-7)5(10)3-4-9/h1-2,5,10H,3H2. The average molecular weight is 172 g/mol. The molecule has 0 aliphatic carbocycles. The molecule has 0 spiro atoms. The lowest BCUT2D eigenvalue weighted by Crippen LogP contribution is -1.92. The summed E-state index contributed by atoms with van der Waals surface area (Å²) in [7, 11) is 0. The molecule has 0 fully saturated rings. The Labute approximate surface area is 68.8 Å². The van der Waals surface area contributed by atoms with E-state index in [2.05, 4.69) is 0 Å². The van der Waals surface area contributed by atoms with Crippen LogP contribution in [0.3, 0.4) is 0 Å². The molecule has 0 radical (unpaired) electrons. The van der Waals surface area contributed by atoms with Crippen LogP contribution in [0.1, 0.15) is 18.3 Å². The summed E-state index contributed by atoms with van der Waals surface area (Å²) < 4.78 is 4.86. The van der Waals surface area contributed by atoms with Crippen LogP contribution in [-0.2, 0) is 0 Å². The Bertz CT molecular complexity index is 276. The Kier molecular flexibility index (Phi) is 2.53. The van der Waals surface area contributed by atoms with Gasteiger partial charge in [0.15, 0.2) is 5.22 Å². The molecular formula is C7H6ClNO2. The lowest BCUT2D eigenvalue weighted by atomic mass is 10.2. The van der Waals surface area contributed by atoms with E-state index in [1.54, 1.807) is 6.07 Å². The maximum Gasteiger partial charge on any atom is 0.193 e. The summed E-state index contributed by atoms with van der Waals surface area (Å²) in [5, 5.41) is 17.6.